The molecule has 5 heterocycles. The lowest BCUT2D eigenvalue weighted by atomic mass is 9.96. The Labute approximate surface area is 337 Å². The van der Waals surface area contributed by atoms with Crippen molar-refractivity contribution < 1.29 is 65.9 Å². The van der Waals surface area contributed by atoms with Crippen LogP contribution in [0.4, 0.5) is 89.0 Å². The molecule has 0 saturated heterocycles. The number of amidine groups is 4. The molecule has 4 aromatic carbocycles. The molecule has 63 heavy (non-hydrogen) atoms. The van der Waals surface area contributed by atoms with Gasteiger partial charge in [0.15, 0.2) is 93.2 Å². The molecule has 1 aliphatic carbocycles. The maximum atomic E-state index is 17.7. The fourth-order valence-corrected chi connectivity index (χ4v) is 7.45. The molecule has 0 fully saturated rings. The third-order valence-electron chi connectivity index (χ3n) is 10.3. The molecule has 0 spiro atoms. The van der Waals surface area contributed by atoms with E-state index in [1.165, 1.54) is 31.2 Å². The second-order valence-corrected chi connectivity index (χ2v) is 13.9. The smallest absolute Gasteiger partial charge is 0.265 e. The van der Waals surface area contributed by atoms with E-state index in [2.05, 4.69) is 45.6 Å². The number of hydrogen-bond acceptors (Lipinski definition) is 7. The lowest BCUT2D eigenvalue weighted by molar-refractivity contribution is 0.200. The predicted octanol–water partition coefficient (Wildman–Crippen LogP) is 9.23. The van der Waals surface area contributed by atoms with Crippen LogP contribution in [0.1, 0.15) is 33.4 Å². The van der Waals surface area contributed by atoms with Gasteiger partial charge in [0.1, 0.15) is 28.8 Å². The number of aromatic amines is 2. The zero-order valence-electron chi connectivity index (χ0n) is 30.3. The third-order valence-corrected chi connectivity index (χ3v) is 10.3. The first-order valence-corrected chi connectivity index (χ1v) is 17.5. The molecule has 1 atom stereocenters. The first-order chi connectivity index (χ1) is 29.8. The average Bonchev–Trinajstić information content (AvgIpc) is 4.00. The van der Waals surface area contributed by atoms with Crippen molar-refractivity contribution in [3.05, 3.63) is 150 Å². The van der Waals surface area contributed by atoms with Crippen LogP contribution < -0.4 is 21.3 Å². The van der Waals surface area contributed by atoms with Gasteiger partial charge in [-0.3, -0.25) is 0 Å². The second-order valence-electron chi connectivity index (χ2n) is 13.9. The maximum absolute atomic E-state index is 17.7. The highest BCUT2D eigenvalue weighted by Gasteiger charge is 2.50. The lowest BCUT2D eigenvalue weighted by Crippen LogP contribution is -2.43. The van der Waals surface area contributed by atoms with Crippen LogP contribution in [0.5, 0.6) is 0 Å². The standard InChI is InChI=1S/C39H12F15N9/c1-7-4-2-3-5-10(7)63-39(54)17-16(24(47)29(52)30(39)53)37-56-31-8-6-9(40)18(41)19(42)11(8)32(55-31)57-33-12-13(21(44)26(49)25(48)20(12)43)34(58-33)59-35-14-15(36(60-35)61-38(17)62-37)23(46)28(51)27(50)22(14)45/h2-6,58,63H,1H3,(H,59,60,61)(H,55,56,57,62). The van der Waals surface area contributed by atoms with E-state index in [1.54, 1.807) is 0 Å². The molecule has 0 amide bonds. The number of aryl methyl sites for hydroxylation is 1. The summed E-state index contributed by atoms with van der Waals surface area (Å²) < 4.78 is 233. The van der Waals surface area contributed by atoms with Gasteiger partial charge in [0.25, 0.3) is 5.79 Å². The summed E-state index contributed by atoms with van der Waals surface area (Å²) in [6.45, 7) is 1.39. The fraction of sp³-hybridized carbons (Fsp3) is 0.0513. The summed E-state index contributed by atoms with van der Waals surface area (Å²) >= 11 is 0. The van der Waals surface area contributed by atoms with E-state index in [9.17, 15) is 26.3 Å². The van der Waals surface area contributed by atoms with Crippen molar-refractivity contribution in [2.75, 3.05) is 10.6 Å². The Morgan fingerprint density at radius 3 is 1.76 bits per heavy atom. The van der Waals surface area contributed by atoms with Gasteiger partial charge >= 0.3 is 0 Å². The lowest BCUT2D eigenvalue weighted by Gasteiger charge is -2.30. The quantitative estimate of drug-likeness (QED) is 0.0601. The van der Waals surface area contributed by atoms with E-state index in [-0.39, 0.29) is 17.3 Å². The number of nitrogens with zero attached hydrogens (tertiary/aromatic N) is 5. The maximum Gasteiger partial charge on any atom is 0.265 e. The fourth-order valence-electron chi connectivity index (χ4n) is 7.45. The number of hydrogen-bond donors (Lipinski definition) is 4. The summed E-state index contributed by atoms with van der Waals surface area (Å²) in [5.74, 6) is -44.6. The zero-order valence-corrected chi connectivity index (χ0v) is 30.3. The highest BCUT2D eigenvalue weighted by molar-refractivity contribution is 6.27. The molecule has 4 N–H and O–H groups in total. The van der Waals surface area contributed by atoms with E-state index in [1.807, 2.05) is 0 Å². The number of H-pyrrole nitrogens is 2. The van der Waals surface area contributed by atoms with Gasteiger partial charge in [0.05, 0.1) is 38.2 Å². The molecule has 2 aromatic heterocycles. The van der Waals surface area contributed by atoms with Crippen molar-refractivity contribution in [3.63, 3.8) is 0 Å². The van der Waals surface area contributed by atoms with Crippen LogP contribution in [-0.4, -0.2) is 33.3 Å². The number of rotatable bonds is 2. The Balaban J connectivity index is 1.38. The highest BCUT2D eigenvalue weighted by atomic mass is 19.2. The van der Waals surface area contributed by atoms with Gasteiger partial charge in [0, 0.05) is 11.3 Å². The van der Waals surface area contributed by atoms with Crippen molar-refractivity contribution in [2.24, 2.45) is 25.0 Å². The number of alkyl halides is 1. The van der Waals surface area contributed by atoms with Crippen LogP contribution in [0.3, 0.4) is 0 Å². The SMILES string of the molecule is Cc1ccccc1NC1(F)C(F)=C(F)C(F)=c2c1c1[nH]/c2=N\C2=NC(=N\c3[nH]c(c4c(F)c(F)c(F)c(F)c34)/N=C3\N=C(N1)c1c(F)c(F)c(F)c(F)c13)/c1c2cc(F)c(F)c1F. The van der Waals surface area contributed by atoms with Crippen LogP contribution in [0.25, 0.3) is 16.6 Å². The molecule has 10 rings (SSSR count). The van der Waals surface area contributed by atoms with Gasteiger partial charge in [-0.1, -0.05) is 18.2 Å². The number of benzene rings is 4. The van der Waals surface area contributed by atoms with Crippen molar-refractivity contribution in [1.82, 2.24) is 9.97 Å². The van der Waals surface area contributed by atoms with Crippen LogP contribution in [-0.2, 0) is 5.79 Å². The normalized spacial score (nSPS) is 19.7. The Hall–Kier alpha value is -7.66. The van der Waals surface area contributed by atoms with E-state index >= 15 is 39.5 Å². The van der Waals surface area contributed by atoms with Crippen LogP contribution in [0.2, 0.25) is 0 Å². The third kappa shape index (κ3) is 5.25. The number of nitrogens with one attached hydrogen (secondary N) is 4. The first-order valence-electron chi connectivity index (χ1n) is 17.5. The molecule has 0 saturated carbocycles. The summed E-state index contributed by atoms with van der Waals surface area (Å²) in [6.07, 6.45) is 0. The van der Waals surface area contributed by atoms with Crippen molar-refractivity contribution >= 4 is 63.1 Å². The van der Waals surface area contributed by atoms with Gasteiger partial charge in [-0.25, -0.2) is 90.8 Å². The molecule has 0 radical (unpaired) electrons. The number of aromatic nitrogens is 2. The van der Waals surface area contributed by atoms with Crippen molar-refractivity contribution in [1.29, 1.82) is 0 Å². The average molecular weight is 892 g/mol. The van der Waals surface area contributed by atoms with Gasteiger partial charge in [-0.2, -0.15) is 0 Å². The Kier molecular flexibility index (Phi) is 8.25. The minimum absolute atomic E-state index is 0.184. The summed E-state index contributed by atoms with van der Waals surface area (Å²) in [4.78, 5) is 23.4. The summed E-state index contributed by atoms with van der Waals surface area (Å²) in [6, 6.07) is 5.61. The molecular formula is C39H12F15N9. The van der Waals surface area contributed by atoms with E-state index in [4.69, 9.17) is 0 Å². The molecule has 6 aromatic rings. The molecule has 8 bridgehead atoms. The minimum atomic E-state index is -4.04. The first kappa shape index (κ1) is 39.5. The molecule has 24 heteroatoms. The Morgan fingerprint density at radius 1 is 0.556 bits per heavy atom. The molecular weight excluding hydrogens is 879 g/mol. The van der Waals surface area contributed by atoms with Gasteiger partial charge in [-0.15, -0.1) is 0 Å². The van der Waals surface area contributed by atoms with Crippen LogP contribution >= 0.6 is 0 Å². The number of halogens is 15. The monoisotopic (exact) mass is 891 g/mol. The summed E-state index contributed by atoms with van der Waals surface area (Å²) in [5, 5.41) is 0.138. The van der Waals surface area contributed by atoms with Gasteiger partial charge in [0.2, 0.25) is 5.83 Å². The topological polar surface area (TPSA) is 117 Å². The number of allylic oxidation sites excluding steroid dienone is 1. The molecule has 3 aliphatic heterocycles. The van der Waals surface area contributed by atoms with E-state index < -0.39 is 177 Å². The Morgan fingerprint density at radius 2 is 1.13 bits per heavy atom. The van der Waals surface area contributed by atoms with Crippen LogP contribution in [0, 0.1) is 70.9 Å². The van der Waals surface area contributed by atoms with E-state index in [0.29, 0.717) is 0 Å². The minimum Gasteiger partial charge on any atom is -0.344 e. The van der Waals surface area contributed by atoms with Gasteiger partial charge < -0.3 is 20.6 Å². The van der Waals surface area contributed by atoms with Crippen LogP contribution in [0.15, 0.2) is 66.9 Å². The number of fused-ring (bicyclic) bond motifs is 18. The van der Waals surface area contributed by atoms with Crippen molar-refractivity contribution in [3.8, 4) is 0 Å². The summed E-state index contributed by atoms with van der Waals surface area (Å²) in [7, 11) is 0. The molecule has 318 valence electrons. The number of anilines is 2. The predicted molar refractivity (Wildman–Crippen MR) is 193 cm³/mol. The summed E-state index contributed by atoms with van der Waals surface area (Å²) in [5.41, 5.74) is -7.39. The number of para-hydroxylation sites is 1. The molecule has 4 aliphatic rings. The molecule has 1 unspecified atom stereocenters. The highest BCUT2D eigenvalue weighted by Crippen LogP contribution is 2.46. The molecule has 9 nitrogen and oxygen atoms in total. The van der Waals surface area contributed by atoms with Crippen molar-refractivity contribution in [2.45, 2.75) is 12.7 Å². The zero-order chi connectivity index (χ0) is 44.9. The largest absolute Gasteiger partial charge is 0.344 e. The van der Waals surface area contributed by atoms with Gasteiger partial charge in [-0.05, 0) is 24.6 Å². The Bertz CT molecular complexity index is 3490. The second kappa shape index (κ2) is 13.2. The number of aliphatic imine (C=N–C) groups is 4. The van der Waals surface area contributed by atoms with E-state index in [0.717, 1.165) is 0 Å².